The molecule has 5 heteroatoms. The van der Waals surface area contributed by atoms with Crippen LogP contribution in [-0.2, 0) is 15.9 Å². The number of ether oxygens (including phenoxy) is 2. The summed E-state index contributed by atoms with van der Waals surface area (Å²) in [7, 11) is 2.12. The van der Waals surface area contributed by atoms with Gasteiger partial charge in [0.05, 0.1) is 13.2 Å². The van der Waals surface area contributed by atoms with Gasteiger partial charge in [0.15, 0.2) is 5.96 Å². The van der Waals surface area contributed by atoms with Gasteiger partial charge < -0.3 is 19.7 Å². The number of aliphatic imine (C=N–C) groups is 1. The van der Waals surface area contributed by atoms with Gasteiger partial charge in [0.2, 0.25) is 0 Å². The zero-order valence-electron chi connectivity index (χ0n) is 16.5. The van der Waals surface area contributed by atoms with E-state index >= 15 is 0 Å². The molecule has 0 bridgehead atoms. The summed E-state index contributed by atoms with van der Waals surface area (Å²) in [5.74, 6) is 1.63. The molecule has 26 heavy (non-hydrogen) atoms. The van der Waals surface area contributed by atoms with Gasteiger partial charge >= 0.3 is 0 Å². The summed E-state index contributed by atoms with van der Waals surface area (Å²) in [6.45, 7) is 8.25. The van der Waals surface area contributed by atoms with E-state index in [0.29, 0.717) is 5.92 Å². The van der Waals surface area contributed by atoms with Crippen LogP contribution in [0, 0.1) is 5.92 Å². The Balaban J connectivity index is 1.56. The van der Waals surface area contributed by atoms with E-state index in [9.17, 15) is 0 Å². The van der Waals surface area contributed by atoms with Gasteiger partial charge in [-0.1, -0.05) is 30.3 Å². The highest BCUT2D eigenvalue weighted by molar-refractivity contribution is 5.79. The van der Waals surface area contributed by atoms with Gasteiger partial charge in [0.25, 0.3) is 0 Å². The number of nitrogens with one attached hydrogen (secondary N) is 1. The van der Waals surface area contributed by atoms with Crippen molar-refractivity contribution in [2.75, 3.05) is 53.1 Å². The van der Waals surface area contributed by atoms with Crippen molar-refractivity contribution in [2.45, 2.75) is 32.6 Å². The van der Waals surface area contributed by atoms with Crippen molar-refractivity contribution in [1.29, 1.82) is 0 Å². The number of benzene rings is 1. The van der Waals surface area contributed by atoms with Crippen molar-refractivity contribution in [1.82, 2.24) is 10.2 Å². The Morgan fingerprint density at radius 2 is 2.12 bits per heavy atom. The standard InChI is InChI=1S/C21H35N3O2/c1-3-22-21(24(2)17-20-12-16-26-18-20)23-13-7-8-14-25-15-11-19-9-5-4-6-10-19/h4-6,9-10,20H,3,7-8,11-18H2,1-2H3,(H,22,23). The minimum Gasteiger partial charge on any atom is -0.381 e. The average Bonchev–Trinajstić information content (AvgIpc) is 3.16. The molecule has 2 rings (SSSR count). The highest BCUT2D eigenvalue weighted by atomic mass is 16.5. The first-order chi connectivity index (χ1) is 12.8. The predicted molar refractivity (Wildman–Crippen MR) is 108 cm³/mol. The van der Waals surface area contributed by atoms with Crippen LogP contribution in [0.5, 0.6) is 0 Å². The van der Waals surface area contributed by atoms with E-state index in [1.54, 1.807) is 0 Å². The molecule has 1 fully saturated rings. The summed E-state index contributed by atoms with van der Waals surface area (Å²) in [5, 5.41) is 3.39. The van der Waals surface area contributed by atoms with Crippen LogP contribution in [0.1, 0.15) is 31.7 Å². The molecular formula is C21H35N3O2. The van der Waals surface area contributed by atoms with E-state index < -0.39 is 0 Å². The maximum absolute atomic E-state index is 5.74. The summed E-state index contributed by atoms with van der Waals surface area (Å²) in [6, 6.07) is 10.5. The fourth-order valence-electron chi connectivity index (χ4n) is 3.11. The summed E-state index contributed by atoms with van der Waals surface area (Å²) in [4.78, 5) is 6.99. The molecule has 0 spiro atoms. The van der Waals surface area contributed by atoms with Gasteiger partial charge in [-0.15, -0.1) is 0 Å². The lowest BCUT2D eigenvalue weighted by Crippen LogP contribution is -2.41. The highest BCUT2D eigenvalue weighted by Gasteiger charge is 2.18. The highest BCUT2D eigenvalue weighted by Crippen LogP contribution is 2.13. The molecule has 1 unspecified atom stereocenters. The molecule has 146 valence electrons. The normalized spacial score (nSPS) is 17.5. The zero-order chi connectivity index (χ0) is 18.5. The molecule has 0 amide bonds. The second-order valence-electron chi connectivity index (χ2n) is 6.90. The van der Waals surface area contributed by atoms with Crippen molar-refractivity contribution in [3.8, 4) is 0 Å². The van der Waals surface area contributed by atoms with E-state index in [2.05, 4.69) is 48.5 Å². The second-order valence-corrected chi connectivity index (χ2v) is 6.90. The van der Waals surface area contributed by atoms with Gasteiger partial charge in [-0.2, -0.15) is 0 Å². The Morgan fingerprint density at radius 3 is 2.85 bits per heavy atom. The first-order valence-corrected chi connectivity index (χ1v) is 9.98. The van der Waals surface area contributed by atoms with Gasteiger partial charge in [-0.05, 0) is 38.2 Å². The molecule has 1 saturated heterocycles. The number of hydrogen-bond acceptors (Lipinski definition) is 3. The Bertz CT molecular complexity index is 501. The van der Waals surface area contributed by atoms with Crippen molar-refractivity contribution in [3.05, 3.63) is 35.9 Å². The molecule has 1 aromatic rings. The number of nitrogens with zero attached hydrogens (tertiary/aromatic N) is 2. The largest absolute Gasteiger partial charge is 0.381 e. The third-order valence-corrected chi connectivity index (χ3v) is 4.59. The molecule has 0 aromatic heterocycles. The summed E-state index contributed by atoms with van der Waals surface area (Å²) in [6.07, 6.45) is 4.25. The molecule has 0 saturated carbocycles. The molecular weight excluding hydrogens is 326 g/mol. The molecule has 1 heterocycles. The lowest BCUT2D eigenvalue weighted by molar-refractivity contribution is 0.134. The van der Waals surface area contributed by atoms with Crippen LogP contribution < -0.4 is 5.32 Å². The average molecular weight is 362 g/mol. The Hall–Kier alpha value is -1.59. The molecule has 1 aromatic carbocycles. The van der Waals surface area contributed by atoms with Gasteiger partial charge in [0.1, 0.15) is 0 Å². The summed E-state index contributed by atoms with van der Waals surface area (Å²) < 4.78 is 11.2. The topological polar surface area (TPSA) is 46.1 Å². The van der Waals surface area contributed by atoms with E-state index in [-0.39, 0.29) is 0 Å². The molecule has 1 atom stereocenters. The van der Waals surface area contributed by atoms with Crippen LogP contribution in [-0.4, -0.2) is 64.0 Å². The van der Waals surface area contributed by atoms with Gasteiger partial charge in [0, 0.05) is 45.8 Å². The zero-order valence-corrected chi connectivity index (χ0v) is 16.5. The molecule has 1 N–H and O–H groups in total. The van der Waals surface area contributed by atoms with Crippen LogP contribution in [0.15, 0.2) is 35.3 Å². The molecule has 0 aliphatic carbocycles. The Kier molecular flexibility index (Phi) is 10.1. The fourth-order valence-corrected chi connectivity index (χ4v) is 3.11. The van der Waals surface area contributed by atoms with Gasteiger partial charge in [-0.25, -0.2) is 0 Å². The fraction of sp³-hybridized carbons (Fsp3) is 0.667. The minimum absolute atomic E-state index is 0.627. The quantitative estimate of drug-likeness (QED) is 0.374. The summed E-state index contributed by atoms with van der Waals surface area (Å²) in [5.41, 5.74) is 1.34. The Morgan fingerprint density at radius 1 is 1.27 bits per heavy atom. The van der Waals surface area contributed by atoms with E-state index in [4.69, 9.17) is 14.5 Å². The van der Waals surface area contributed by atoms with E-state index in [1.807, 2.05) is 6.07 Å². The molecule has 0 radical (unpaired) electrons. The number of hydrogen-bond donors (Lipinski definition) is 1. The maximum Gasteiger partial charge on any atom is 0.193 e. The lowest BCUT2D eigenvalue weighted by Gasteiger charge is -2.24. The molecule has 5 nitrogen and oxygen atoms in total. The van der Waals surface area contributed by atoms with Crippen molar-refractivity contribution < 1.29 is 9.47 Å². The maximum atomic E-state index is 5.74. The Labute approximate surface area is 158 Å². The monoisotopic (exact) mass is 361 g/mol. The van der Waals surface area contributed by atoms with Gasteiger partial charge in [-0.3, -0.25) is 4.99 Å². The number of guanidine groups is 1. The van der Waals surface area contributed by atoms with E-state index in [0.717, 1.165) is 77.7 Å². The predicted octanol–water partition coefficient (Wildman–Crippen LogP) is 2.96. The van der Waals surface area contributed by atoms with E-state index in [1.165, 1.54) is 5.56 Å². The summed E-state index contributed by atoms with van der Waals surface area (Å²) >= 11 is 0. The lowest BCUT2D eigenvalue weighted by atomic mass is 10.1. The first-order valence-electron chi connectivity index (χ1n) is 9.98. The minimum atomic E-state index is 0.627. The van der Waals surface area contributed by atoms with Crippen LogP contribution >= 0.6 is 0 Å². The number of rotatable bonds is 11. The van der Waals surface area contributed by atoms with Crippen molar-refractivity contribution in [3.63, 3.8) is 0 Å². The first kappa shape index (κ1) is 20.7. The number of unbranched alkanes of at least 4 members (excludes halogenated alkanes) is 1. The van der Waals surface area contributed by atoms with Crippen LogP contribution in [0.2, 0.25) is 0 Å². The van der Waals surface area contributed by atoms with Crippen LogP contribution in [0.3, 0.4) is 0 Å². The van der Waals surface area contributed by atoms with Crippen LogP contribution in [0.25, 0.3) is 0 Å². The van der Waals surface area contributed by atoms with Crippen molar-refractivity contribution >= 4 is 5.96 Å². The smallest absolute Gasteiger partial charge is 0.193 e. The SMILES string of the molecule is CCNC(=NCCCCOCCc1ccccc1)N(C)CC1CCOC1. The molecule has 1 aliphatic rings. The second kappa shape index (κ2) is 12.7. The third-order valence-electron chi connectivity index (χ3n) is 4.59. The molecule has 1 aliphatic heterocycles. The van der Waals surface area contributed by atoms with Crippen molar-refractivity contribution in [2.24, 2.45) is 10.9 Å². The third kappa shape index (κ3) is 8.19. The van der Waals surface area contributed by atoms with Crippen LogP contribution in [0.4, 0.5) is 0 Å².